The monoisotopic (exact) mass is 190 g/mol. The van der Waals surface area contributed by atoms with Gasteiger partial charge in [0, 0.05) is 6.54 Å². The summed E-state index contributed by atoms with van der Waals surface area (Å²) in [4.78, 5) is 1.95. The van der Waals surface area contributed by atoms with E-state index < -0.39 is 7.25 Å². The third-order valence-electron chi connectivity index (χ3n) is 0.629. The zero-order valence-corrected chi connectivity index (χ0v) is 7.27. The molecule has 0 heterocycles. The number of aliphatic hydroxyl groups excluding tert-OH is 1. The Morgan fingerprint density at radius 3 is 1.50 bits per heavy atom. The Labute approximate surface area is 69.3 Å². The average molecular weight is 190 g/mol. The third-order valence-corrected chi connectivity index (χ3v) is 0.629. The van der Waals surface area contributed by atoms with Gasteiger partial charge in [0.25, 0.3) is 0 Å². The Bertz CT molecular complexity index is 94.1. The van der Waals surface area contributed by atoms with Gasteiger partial charge in [-0.05, 0) is 21.0 Å². The van der Waals surface area contributed by atoms with Gasteiger partial charge in [0.05, 0.1) is 6.10 Å². The molecule has 0 aliphatic rings. The fourth-order valence-corrected chi connectivity index (χ4v) is 0.528. The van der Waals surface area contributed by atoms with E-state index in [0.29, 0.717) is 0 Å². The maximum absolute atomic E-state index is 9.75. The smallest absolute Gasteiger partial charge is 0.418 e. The number of aliphatic hydroxyl groups is 1. The molecule has 0 saturated carbocycles. The second-order valence-corrected chi connectivity index (χ2v) is 2.61. The Kier molecular flexibility index (Phi) is 7.41. The van der Waals surface area contributed by atoms with Crippen LogP contribution in [0.25, 0.3) is 0 Å². The van der Waals surface area contributed by atoms with E-state index in [1.807, 2.05) is 19.0 Å². The standard InChI is InChI=1S/C5H13NO.BF4/c1-5(7)4-6(2)3;2-1(3,4)5/h5,7H,4H2,1-3H3;/q;-1. The van der Waals surface area contributed by atoms with Crippen LogP contribution in [-0.4, -0.2) is 44.0 Å². The van der Waals surface area contributed by atoms with Crippen LogP contribution in [0.2, 0.25) is 0 Å². The van der Waals surface area contributed by atoms with E-state index in [4.69, 9.17) is 5.11 Å². The van der Waals surface area contributed by atoms with Crippen molar-refractivity contribution in [3.8, 4) is 0 Å². The van der Waals surface area contributed by atoms with Gasteiger partial charge < -0.3 is 27.3 Å². The van der Waals surface area contributed by atoms with Crippen molar-refractivity contribution in [1.82, 2.24) is 4.90 Å². The van der Waals surface area contributed by atoms with Gasteiger partial charge >= 0.3 is 7.25 Å². The largest absolute Gasteiger partial charge is 0.673 e. The highest BCUT2D eigenvalue weighted by Crippen LogP contribution is 2.06. The van der Waals surface area contributed by atoms with E-state index in [1.165, 1.54) is 0 Å². The molecule has 7 heteroatoms. The summed E-state index contributed by atoms with van der Waals surface area (Å²) >= 11 is 0. The molecule has 0 saturated heterocycles. The molecule has 1 unspecified atom stereocenters. The second kappa shape index (κ2) is 6.25. The average Bonchev–Trinajstić information content (AvgIpc) is 1.52. The van der Waals surface area contributed by atoms with Gasteiger partial charge in [0.15, 0.2) is 0 Å². The molecule has 0 aromatic heterocycles. The number of halogens is 4. The summed E-state index contributed by atoms with van der Waals surface area (Å²) in [7, 11) is -2.13. The predicted molar refractivity (Wildman–Crippen MR) is 40.4 cm³/mol. The SMILES string of the molecule is CC(O)CN(C)C.F[B-](F)(F)F. The highest BCUT2D eigenvalue weighted by Gasteiger charge is 2.20. The van der Waals surface area contributed by atoms with E-state index in [9.17, 15) is 17.3 Å². The van der Waals surface area contributed by atoms with E-state index >= 15 is 0 Å². The van der Waals surface area contributed by atoms with Crippen LogP contribution in [0.1, 0.15) is 6.92 Å². The fourth-order valence-electron chi connectivity index (χ4n) is 0.528. The number of nitrogens with zero attached hydrogens (tertiary/aromatic N) is 1. The van der Waals surface area contributed by atoms with Crippen LogP contribution in [0, 0.1) is 0 Å². The minimum absolute atomic E-state index is 0.199. The molecule has 0 bridgehead atoms. The molecular weight excluding hydrogens is 177 g/mol. The van der Waals surface area contributed by atoms with Crippen molar-refractivity contribution in [2.75, 3.05) is 20.6 Å². The van der Waals surface area contributed by atoms with Gasteiger partial charge in [-0.25, -0.2) is 0 Å². The zero-order chi connectivity index (χ0) is 10.4. The lowest BCUT2D eigenvalue weighted by Gasteiger charge is -2.10. The third kappa shape index (κ3) is 53.6. The first-order valence-corrected chi connectivity index (χ1v) is 3.33. The number of hydrogen-bond donors (Lipinski definition) is 1. The molecule has 0 aliphatic heterocycles. The van der Waals surface area contributed by atoms with Crippen molar-refractivity contribution in [2.45, 2.75) is 13.0 Å². The maximum atomic E-state index is 9.75. The van der Waals surface area contributed by atoms with Gasteiger partial charge in [0.2, 0.25) is 0 Å². The van der Waals surface area contributed by atoms with Crippen molar-refractivity contribution < 1.29 is 22.4 Å². The van der Waals surface area contributed by atoms with Crippen molar-refractivity contribution in [3.05, 3.63) is 0 Å². The molecule has 0 aliphatic carbocycles. The van der Waals surface area contributed by atoms with E-state index in [-0.39, 0.29) is 6.10 Å². The van der Waals surface area contributed by atoms with E-state index in [0.717, 1.165) is 6.54 Å². The van der Waals surface area contributed by atoms with Gasteiger partial charge in [0.1, 0.15) is 0 Å². The molecule has 1 atom stereocenters. The van der Waals surface area contributed by atoms with Crippen LogP contribution >= 0.6 is 0 Å². The molecule has 0 aromatic rings. The summed E-state index contributed by atoms with van der Waals surface area (Å²) in [6.45, 7) is 2.53. The number of rotatable bonds is 2. The molecule has 0 rings (SSSR count). The predicted octanol–water partition coefficient (Wildman–Crippen LogP) is 1.23. The Balaban J connectivity index is 0. The Morgan fingerprint density at radius 1 is 1.25 bits per heavy atom. The zero-order valence-electron chi connectivity index (χ0n) is 7.27. The quantitative estimate of drug-likeness (QED) is 0.522. The number of hydrogen-bond acceptors (Lipinski definition) is 2. The summed E-state index contributed by atoms with van der Waals surface area (Å²) < 4.78 is 39.0. The highest BCUT2D eigenvalue weighted by atomic mass is 19.5. The second-order valence-electron chi connectivity index (χ2n) is 2.61. The Hall–Kier alpha value is -0.295. The molecular formula is C5H13BF4NO-. The maximum Gasteiger partial charge on any atom is 0.673 e. The van der Waals surface area contributed by atoms with Crippen molar-refractivity contribution in [1.29, 1.82) is 0 Å². The van der Waals surface area contributed by atoms with Crippen LogP contribution in [0.3, 0.4) is 0 Å². The summed E-state index contributed by atoms with van der Waals surface area (Å²) in [6, 6.07) is 0. The van der Waals surface area contributed by atoms with Crippen LogP contribution in [-0.2, 0) is 0 Å². The summed E-state index contributed by atoms with van der Waals surface area (Å²) in [5, 5.41) is 8.68. The minimum atomic E-state index is -6.00. The Morgan fingerprint density at radius 2 is 1.50 bits per heavy atom. The molecule has 0 spiro atoms. The lowest BCUT2D eigenvalue weighted by atomic mass is 10.3. The molecule has 0 radical (unpaired) electrons. The van der Waals surface area contributed by atoms with Crippen LogP contribution in [0.4, 0.5) is 17.3 Å². The first-order chi connectivity index (χ1) is 5.13. The molecule has 12 heavy (non-hydrogen) atoms. The van der Waals surface area contributed by atoms with Gasteiger partial charge in [-0.15, -0.1) is 0 Å². The molecule has 76 valence electrons. The lowest BCUT2D eigenvalue weighted by Crippen LogP contribution is -2.22. The molecule has 1 N–H and O–H groups in total. The molecule has 0 fully saturated rings. The summed E-state index contributed by atoms with van der Waals surface area (Å²) in [6.07, 6.45) is -0.199. The van der Waals surface area contributed by atoms with Crippen LogP contribution in [0.5, 0.6) is 0 Å². The highest BCUT2D eigenvalue weighted by molar-refractivity contribution is 6.50. The van der Waals surface area contributed by atoms with Gasteiger partial charge in [-0.3, -0.25) is 0 Å². The summed E-state index contributed by atoms with van der Waals surface area (Å²) in [5.74, 6) is 0. The van der Waals surface area contributed by atoms with Crippen LogP contribution < -0.4 is 0 Å². The lowest BCUT2D eigenvalue weighted by molar-refractivity contribution is 0.154. The van der Waals surface area contributed by atoms with E-state index in [2.05, 4.69) is 0 Å². The number of likely N-dealkylation sites (N-methyl/N-ethyl adjacent to an activating group) is 1. The topological polar surface area (TPSA) is 23.5 Å². The van der Waals surface area contributed by atoms with E-state index in [1.54, 1.807) is 6.92 Å². The normalized spacial score (nSPS) is 13.8. The first-order valence-electron chi connectivity index (χ1n) is 3.33. The molecule has 2 nitrogen and oxygen atoms in total. The van der Waals surface area contributed by atoms with Crippen molar-refractivity contribution in [2.24, 2.45) is 0 Å². The van der Waals surface area contributed by atoms with Crippen molar-refractivity contribution in [3.63, 3.8) is 0 Å². The van der Waals surface area contributed by atoms with Crippen molar-refractivity contribution >= 4 is 7.25 Å². The fraction of sp³-hybridized carbons (Fsp3) is 1.00. The van der Waals surface area contributed by atoms with Gasteiger partial charge in [-0.1, -0.05) is 0 Å². The molecule has 0 aromatic carbocycles. The van der Waals surface area contributed by atoms with Crippen LogP contribution in [0.15, 0.2) is 0 Å². The summed E-state index contributed by atoms with van der Waals surface area (Å²) in [5.41, 5.74) is 0. The minimum Gasteiger partial charge on any atom is -0.418 e. The first kappa shape index (κ1) is 14.2. The van der Waals surface area contributed by atoms with Gasteiger partial charge in [-0.2, -0.15) is 0 Å². The molecule has 0 amide bonds.